The Hall–Kier alpha value is -0.570. The van der Waals surface area contributed by atoms with E-state index in [4.69, 9.17) is 4.74 Å². The van der Waals surface area contributed by atoms with Crippen LogP contribution < -0.4 is 0 Å². The van der Waals surface area contributed by atoms with Gasteiger partial charge in [0.15, 0.2) is 0 Å². The highest BCUT2D eigenvalue weighted by atomic mass is 16.5. The molecule has 0 spiro atoms. The van der Waals surface area contributed by atoms with Crippen LogP contribution in [0.3, 0.4) is 0 Å². The highest BCUT2D eigenvalue weighted by molar-refractivity contribution is 5.69. The predicted molar refractivity (Wildman–Crippen MR) is 69.8 cm³/mol. The van der Waals surface area contributed by atoms with Gasteiger partial charge in [0.25, 0.3) is 0 Å². The van der Waals surface area contributed by atoms with Crippen LogP contribution in [0.2, 0.25) is 0 Å². The minimum Gasteiger partial charge on any atom is -0.466 e. The van der Waals surface area contributed by atoms with Gasteiger partial charge in [0.05, 0.1) is 6.61 Å². The smallest absolute Gasteiger partial charge is 0.306 e. The van der Waals surface area contributed by atoms with Gasteiger partial charge in [-0.2, -0.15) is 0 Å². The van der Waals surface area contributed by atoms with Gasteiger partial charge < -0.3 is 9.64 Å². The van der Waals surface area contributed by atoms with Crippen molar-refractivity contribution in [3.8, 4) is 0 Å². The largest absolute Gasteiger partial charge is 0.466 e. The molecule has 1 aliphatic heterocycles. The second-order valence-electron chi connectivity index (χ2n) is 5.64. The molecule has 2 unspecified atom stereocenters. The highest BCUT2D eigenvalue weighted by Gasteiger charge is 2.27. The topological polar surface area (TPSA) is 29.5 Å². The number of esters is 1. The fourth-order valence-electron chi connectivity index (χ4n) is 2.70. The highest BCUT2D eigenvalue weighted by Crippen LogP contribution is 2.26. The van der Waals surface area contributed by atoms with Crippen LogP contribution in [0.25, 0.3) is 0 Å². The van der Waals surface area contributed by atoms with E-state index in [1.807, 2.05) is 6.92 Å². The van der Waals surface area contributed by atoms with E-state index >= 15 is 0 Å². The Morgan fingerprint density at radius 2 is 2.18 bits per heavy atom. The zero-order chi connectivity index (χ0) is 12.8. The summed E-state index contributed by atoms with van der Waals surface area (Å²) in [4.78, 5) is 14.0. The third-order valence-corrected chi connectivity index (χ3v) is 3.48. The molecule has 1 heterocycles. The van der Waals surface area contributed by atoms with Crippen LogP contribution in [0, 0.1) is 11.8 Å². The van der Waals surface area contributed by atoms with Crippen LogP contribution in [0.1, 0.15) is 47.0 Å². The molecule has 0 aromatic carbocycles. The van der Waals surface area contributed by atoms with Gasteiger partial charge in [-0.3, -0.25) is 4.79 Å². The molecule has 1 fully saturated rings. The van der Waals surface area contributed by atoms with Crippen molar-refractivity contribution in [2.45, 2.75) is 53.0 Å². The SMILES string of the molecule is CCOC(=O)CC1CCN(CC(C)C)C(C)C1. The maximum Gasteiger partial charge on any atom is 0.306 e. The van der Waals surface area contributed by atoms with Gasteiger partial charge in [-0.05, 0) is 45.1 Å². The maximum atomic E-state index is 11.4. The van der Waals surface area contributed by atoms with E-state index in [0.717, 1.165) is 25.3 Å². The Kier molecular flexibility index (Phi) is 5.96. The molecule has 0 aromatic heterocycles. The molecule has 1 saturated heterocycles. The quantitative estimate of drug-likeness (QED) is 0.693. The van der Waals surface area contributed by atoms with E-state index in [0.29, 0.717) is 25.0 Å². The molecule has 0 radical (unpaired) electrons. The summed E-state index contributed by atoms with van der Waals surface area (Å²) in [5, 5.41) is 0. The van der Waals surface area contributed by atoms with Crippen molar-refractivity contribution in [1.29, 1.82) is 0 Å². The lowest BCUT2D eigenvalue weighted by molar-refractivity contribution is -0.144. The maximum absolute atomic E-state index is 11.4. The van der Waals surface area contributed by atoms with Crippen molar-refractivity contribution in [2.75, 3.05) is 19.7 Å². The first kappa shape index (κ1) is 14.5. The molecular formula is C14H27NO2. The lowest BCUT2D eigenvalue weighted by atomic mass is 9.88. The molecule has 3 heteroatoms. The molecular weight excluding hydrogens is 214 g/mol. The second kappa shape index (κ2) is 7.00. The van der Waals surface area contributed by atoms with Crippen LogP contribution in [-0.2, 0) is 9.53 Å². The number of piperidine rings is 1. The first-order valence-corrected chi connectivity index (χ1v) is 6.92. The average molecular weight is 241 g/mol. The summed E-state index contributed by atoms with van der Waals surface area (Å²) in [6.07, 6.45) is 2.87. The van der Waals surface area contributed by atoms with E-state index in [2.05, 4.69) is 25.7 Å². The van der Waals surface area contributed by atoms with E-state index in [1.54, 1.807) is 0 Å². The summed E-state index contributed by atoms with van der Waals surface area (Å²) in [6, 6.07) is 0.602. The third kappa shape index (κ3) is 5.07. The van der Waals surface area contributed by atoms with Gasteiger partial charge >= 0.3 is 5.97 Å². The Bertz CT molecular complexity index is 240. The van der Waals surface area contributed by atoms with E-state index in [1.165, 1.54) is 6.54 Å². The van der Waals surface area contributed by atoms with Gasteiger partial charge in [-0.15, -0.1) is 0 Å². The number of rotatable bonds is 5. The van der Waals surface area contributed by atoms with Crippen LogP contribution in [0.15, 0.2) is 0 Å². The first-order chi connectivity index (χ1) is 8.02. The molecule has 17 heavy (non-hydrogen) atoms. The van der Waals surface area contributed by atoms with Crippen LogP contribution in [0.4, 0.5) is 0 Å². The second-order valence-corrected chi connectivity index (χ2v) is 5.64. The van der Waals surface area contributed by atoms with Gasteiger partial charge in [0.2, 0.25) is 0 Å². The standard InChI is InChI=1S/C14H27NO2/c1-5-17-14(16)9-13-6-7-15(10-11(2)3)12(4)8-13/h11-13H,5-10H2,1-4H3. The zero-order valence-electron chi connectivity index (χ0n) is 11.7. The minimum atomic E-state index is -0.0259. The van der Waals surface area contributed by atoms with Crippen LogP contribution >= 0.6 is 0 Å². The molecule has 0 aromatic rings. The van der Waals surface area contributed by atoms with Crippen molar-refractivity contribution < 1.29 is 9.53 Å². The molecule has 0 N–H and O–H groups in total. The number of hydrogen-bond donors (Lipinski definition) is 0. The Morgan fingerprint density at radius 1 is 1.47 bits per heavy atom. The zero-order valence-corrected chi connectivity index (χ0v) is 11.7. The number of likely N-dealkylation sites (tertiary alicyclic amines) is 1. The van der Waals surface area contributed by atoms with E-state index < -0.39 is 0 Å². The van der Waals surface area contributed by atoms with Crippen LogP contribution in [-0.4, -0.2) is 36.6 Å². The first-order valence-electron chi connectivity index (χ1n) is 6.92. The molecule has 1 aliphatic rings. The van der Waals surface area contributed by atoms with Crippen molar-refractivity contribution in [3.05, 3.63) is 0 Å². The number of carbonyl (C=O) groups is 1. The number of carbonyl (C=O) groups excluding carboxylic acids is 1. The summed E-state index contributed by atoms with van der Waals surface area (Å²) < 4.78 is 5.02. The summed E-state index contributed by atoms with van der Waals surface area (Å²) in [7, 11) is 0. The summed E-state index contributed by atoms with van der Waals surface area (Å²) >= 11 is 0. The van der Waals surface area contributed by atoms with E-state index in [-0.39, 0.29) is 5.97 Å². The monoisotopic (exact) mass is 241 g/mol. The summed E-state index contributed by atoms with van der Waals surface area (Å²) in [5.74, 6) is 1.22. The van der Waals surface area contributed by atoms with E-state index in [9.17, 15) is 4.79 Å². The molecule has 0 bridgehead atoms. The van der Waals surface area contributed by atoms with Crippen molar-refractivity contribution >= 4 is 5.97 Å². The Morgan fingerprint density at radius 3 is 2.71 bits per heavy atom. The van der Waals surface area contributed by atoms with Crippen molar-refractivity contribution in [3.63, 3.8) is 0 Å². The number of nitrogens with zero attached hydrogens (tertiary/aromatic N) is 1. The number of hydrogen-bond acceptors (Lipinski definition) is 3. The van der Waals surface area contributed by atoms with Crippen LogP contribution in [0.5, 0.6) is 0 Å². The molecule has 0 aliphatic carbocycles. The van der Waals surface area contributed by atoms with Gasteiger partial charge in [0, 0.05) is 19.0 Å². The Balaban J connectivity index is 2.33. The molecule has 100 valence electrons. The minimum absolute atomic E-state index is 0.0259. The lowest BCUT2D eigenvalue weighted by Crippen LogP contribution is -2.43. The van der Waals surface area contributed by atoms with Crippen molar-refractivity contribution in [2.24, 2.45) is 11.8 Å². The fourth-order valence-corrected chi connectivity index (χ4v) is 2.70. The molecule has 1 rings (SSSR count). The van der Waals surface area contributed by atoms with Gasteiger partial charge in [-0.25, -0.2) is 0 Å². The van der Waals surface area contributed by atoms with Crippen molar-refractivity contribution in [1.82, 2.24) is 4.90 Å². The number of ether oxygens (including phenoxy) is 1. The third-order valence-electron chi connectivity index (χ3n) is 3.48. The Labute approximate surface area is 106 Å². The summed E-state index contributed by atoms with van der Waals surface area (Å²) in [6.45, 7) is 11.5. The summed E-state index contributed by atoms with van der Waals surface area (Å²) in [5.41, 5.74) is 0. The molecule has 2 atom stereocenters. The molecule has 0 saturated carbocycles. The molecule has 3 nitrogen and oxygen atoms in total. The average Bonchev–Trinajstić information content (AvgIpc) is 2.22. The lowest BCUT2D eigenvalue weighted by Gasteiger charge is -2.38. The molecule has 0 amide bonds. The fraction of sp³-hybridized carbons (Fsp3) is 0.929. The van der Waals surface area contributed by atoms with Gasteiger partial charge in [0.1, 0.15) is 0 Å². The van der Waals surface area contributed by atoms with Gasteiger partial charge in [-0.1, -0.05) is 13.8 Å². The normalized spacial score (nSPS) is 26.2. The predicted octanol–water partition coefficient (Wildman–Crippen LogP) is 2.70.